The quantitative estimate of drug-likeness (QED) is 0.398. The molecule has 0 aliphatic carbocycles. The van der Waals surface area contributed by atoms with Crippen molar-refractivity contribution < 1.29 is 17.9 Å². The van der Waals surface area contributed by atoms with Gasteiger partial charge in [-0.15, -0.1) is 0 Å². The molecule has 0 fully saturated rings. The van der Waals surface area contributed by atoms with E-state index in [-0.39, 0.29) is 0 Å². The molecule has 70 valence electrons. The minimum atomic E-state index is -5.13. The number of halogens is 3. The molecule has 0 atom stereocenters. The summed E-state index contributed by atoms with van der Waals surface area (Å²) in [5.74, 6) is -0.594. The predicted octanol–water partition coefficient (Wildman–Crippen LogP) is 1.04. The highest BCUT2D eigenvalue weighted by molar-refractivity contribution is 6.73. The van der Waals surface area contributed by atoms with Gasteiger partial charge in [-0.25, -0.2) is 0 Å². The van der Waals surface area contributed by atoms with Crippen LogP contribution in [-0.2, 0) is 0 Å². The molecule has 8 heteroatoms. The van der Waals surface area contributed by atoms with Crippen LogP contribution in [0.2, 0.25) is 0 Å². The maximum atomic E-state index is 12.0. The molecule has 0 saturated heterocycles. The van der Waals surface area contributed by atoms with Gasteiger partial charge in [0.1, 0.15) is 6.20 Å². The molecule has 0 spiro atoms. The van der Waals surface area contributed by atoms with Gasteiger partial charge in [0.15, 0.2) is 0 Å². The van der Waals surface area contributed by atoms with Crippen LogP contribution in [0.3, 0.4) is 0 Å². The summed E-state index contributed by atoms with van der Waals surface area (Å²) in [5.41, 5.74) is -0.939. The second-order valence-electron chi connectivity index (χ2n) is 2.28. The summed E-state index contributed by atoms with van der Waals surface area (Å²) in [5, 5.41) is 10.0. The number of aromatic nitrogens is 1. The molecule has 1 heterocycles. The first kappa shape index (κ1) is 9.49. The van der Waals surface area contributed by atoms with Gasteiger partial charge in [0, 0.05) is 6.07 Å². The van der Waals surface area contributed by atoms with Gasteiger partial charge in [-0.05, 0) is 9.91 Å². The van der Waals surface area contributed by atoms with Gasteiger partial charge in [-0.1, -0.05) is 11.5 Å². The Morgan fingerprint density at radius 3 is 2.31 bits per heavy atom. The second kappa shape index (κ2) is 3.04. The summed E-state index contributed by atoms with van der Waals surface area (Å²) in [6, 6.07) is 1.37. The third-order valence-corrected chi connectivity index (χ3v) is 1.34. The van der Waals surface area contributed by atoms with Gasteiger partial charge < -0.3 is 23.1 Å². The van der Waals surface area contributed by atoms with Crippen LogP contribution in [0.25, 0.3) is 0 Å². The summed E-state index contributed by atoms with van der Waals surface area (Å²) in [6.07, 6.45) is 0.456. The van der Waals surface area contributed by atoms with Crippen LogP contribution >= 0.6 is 0 Å². The molecule has 0 aliphatic rings. The normalized spacial score (nSPS) is 11.3. The van der Waals surface area contributed by atoms with Crippen molar-refractivity contribution in [1.29, 1.82) is 0 Å². The van der Waals surface area contributed by atoms with Crippen molar-refractivity contribution in [2.45, 2.75) is 0 Å². The molecule has 0 aliphatic heterocycles. The standard InChI is InChI=1S/C5H3BF3N2O2/c7-6(8,9)4-1-2-5(10-3-4)11(12)13/h1-3H/q-1. The SMILES string of the molecule is O=[N+]([O-])c1ccc([B-](F)(F)F)cn1. The van der Waals surface area contributed by atoms with E-state index >= 15 is 0 Å². The molecule has 0 saturated carbocycles. The number of hydrogen-bond acceptors (Lipinski definition) is 3. The fourth-order valence-corrected chi connectivity index (χ4v) is 0.699. The van der Waals surface area contributed by atoms with Crippen molar-refractivity contribution in [3.8, 4) is 0 Å². The average Bonchev–Trinajstić information content (AvgIpc) is 2.03. The molecular formula is C5H3BF3N2O2-. The summed E-state index contributed by atoms with van der Waals surface area (Å²) in [7, 11) is 0. The highest BCUT2D eigenvalue weighted by Crippen LogP contribution is 2.10. The zero-order valence-corrected chi connectivity index (χ0v) is 6.15. The van der Waals surface area contributed by atoms with Gasteiger partial charge in [0.05, 0.1) is 0 Å². The average molecular weight is 191 g/mol. The third kappa shape index (κ3) is 2.17. The van der Waals surface area contributed by atoms with Crippen LogP contribution in [0.4, 0.5) is 18.8 Å². The number of nitrogens with zero attached hydrogens (tertiary/aromatic N) is 2. The molecular weight excluding hydrogens is 188 g/mol. The summed E-state index contributed by atoms with van der Waals surface area (Å²) in [4.78, 5) is 12.2. The van der Waals surface area contributed by atoms with Gasteiger partial charge in [-0.3, -0.25) is 0 Å². The monoisotopic (exact) mass is 191 g/mol. The van der Waals surface area contributed by atoms with E-state index in [1.54, 1.807) is 0 Å². The van der Waals surface area contributed by atoms with Gasteiger partial charge in [0.2, 0.25) is 0 Å². The van der Waals surface area contributed by atoms with Crippen LogP contribution in [0, 0.1) is 10.1 Å². The Morgan fingerprint density at radius 1 is 1.38 bits per heavy atom. The Morgan fingerprint density at radius 2 is 2.00 bits per heavy atom. The van der Waals surface area contributed by atoms with Crippen molar-refractivity contribution in [3.05, 3.63) is 28.4 Å². The van der Waals surface area contributed by atoms with Crippen LogP contribution in [0.1, 0.15) is 0 Å². The highest BCUT2D eigenvalue weighted by Gasteiger charge is 2.27. The van der Waals surface area contributed by atoms with Gasteiger partial charge in [0.25, 0.3) is 0 Å². The van der Waals surface area contributed by atoms with Crippen LogP contribution < -0.4 is 5.46 Å². The Kier molecular flexibility index (Phi) is 2.22. The Bertz CT molecular complexity index is 324. The zero-order valence-electron chi connectivity index (χ0n) is 6.15. The van der Waals surface area contributed by atoms with Crippen LogP contribution in [-0.4, -0.2) is 16.9 Å². The Balaban J connectivity index is 3.01. The predicted molar refractivity (Wildman–Crippen MR) is 39.6 cm³/mol. The van der Waals surface area contributed by atoms with E-state index < -0.39 is 23.2 Å². The number of nitro groups is 1. The van der Waals surface area contributed by atoms with E-state index in [4.69, 9.17) is 0 Å². The highest BCUT2D eigenvalue weighted by atomic mass is 19.4. The Hall–Kier alpha value is -1.60. The lowest BCUT2D eigenvalue weighted by molar-refractivity contribution is -0.389. The molecule has 0 bridgehead atoms. The van der Waals surface area contributed by atoms with Crippen LogP contribution in [0.15, 0.2) is 18.3 Å². The molecule has 1 aromatic heterocycles. The maximum Gasteiger partial charge on any atom is 0.513 e. The van der Waals surface area contributed by atoms with Crippen LogP contribution in [0.5, 0.6) is 0 Å². The van der Waals surface area contributed by atoms with Crippen molar-refractivity contribution in [2.75, 3.05) is 0 Å². The van der Waals surface area contributed by atoms with Crippen molar-refractivity contribution in [2.24, 2.45) is 0 Å². The van der Waals surface area contributed by atoms with Crippen molar-refractivity contribution in [3.63, 3.8) is 0 Å². The third-order valence-electron chi connectivity index (χ3n) is 1.34. The first-order chi connectivity index (χ1) is 5.91. The lowest BCUT2D eigenvalue weighted by atomic mass is 9.82. The largest absolute Gasteiger partial charge is 0.513 e. The summed E-state index contributed by atoms with van der Waals surface area (Å²) >= 11 is 0. The molecule has 13 heavy (non-hydrogen) atoms. The molecule has 1 rings (SSSR count). The molecule has 0 aromatic carbocycles. The van der Waals surface area contributed by atoms with E-state index in [1.807, 2.05) is 0 Å². The zero-order chi connectivity index (χ0) is 10.1. The van der Waals surface area contributed by atoms with Gasteiger partial charge >= 0.3 is 12.8 Å². The number of hydrogen-bond donors (Lipinski definition) is 0. The first-order valence-corrected chi connectivity index (χ1v) is 3.21. The van der Waals surface area contributed by atoms with E-state index in [2.05, 4.69) is 4.98 Å². The van der Waals surface area contributed by atoms with Crippen molar-refractivity contribution in [1.82, 2.24) is 4.98 Å². The van der Waals surface area contributed by atoms with E-state index in [9.17, 15) is 23.1 Å². The fourth-order valence-electron chi connectivity index (χ4n) is 0.699. The smallest absolute Gasteiger partial charge is 0.445 e. The van der Waals surface area contributed by atoms with E-state index in [1.165, 1.54) is 0 Å². The van der Waals surface area contributed by atoms with E-state index in [0.717, 1.165) is 6.07 Å². The van der Waals surface area contributed by atoms with Crippen molar-refractivity contribution >= 4 is 18.3 Å². The molecule has 4 nitrogen and oxygen atoms in total. The fraction of sp³-hybridized carbons (Fsp3) is 0. The molecule has 1 aromatic rings. The molecule has 0 radical (unpaired) electrons. The maximum absolute atomic E-state index is 12.0. The van der Waals surface area contributed by atoms with E-state index in [0.29, 0.717) is 12.3 Å². The topological polar surface area (TPSA) is 56.0 Å². The summed E-state index contributed by atoms with van der Waals surface area (Å²) < 4.78 is 35.9. The number of pyridine rings is 1. The van der Waals surface area contributed by atoms with Gasteiger partial charge in [-0.2, -0.15) is 0 Å². The first-order valence-electron chi connectivity index (χ1n) is 3.21. The second-order valence-corrected chi connectivity index (χ2v) is 2.28. The molecule has 0 N–H and O–H groups in total. The minimum Gasteiger partial charge on any atom is -0.445 e. The summed E-state index contributed by atoms with van der Waals surface area (Å²) in [6.45, 7) is -5.13. The lowest BCUT2D eigenvalue weighted by Gasteiger charge is -2.11. The lowest BCUT2D eigenvalue weighted by Crippen LogP contribution is -2.34. The molecule has 0 amide bonds. The minimum absolute atomic E-state index is 0.456. The number of rotatable bonds is 2. The Labute approximate surface area is 70.6 Å². The molecule has 0 unspecified atom stereocenters.